The van der Waals surface area contributed by atoms with E-state index in [1.165, 1.54) is 12.1 Å². The Morgan fingerprint density at radius 1 is 1.09 bits per heavy atom. The van der Waals surface area contributed by atoms with Crippen molar-refractivity contribution in [1.29, 1.82) is 0 Å². The molecule has 5 nitrogen and oxygen atoms in total. The molecule has 3 rings (SSSR count). The van der Waals surface area contributed by atoms with Gasteiger partial charge >= 0.3 is 5.69 Å². The molecule has 0 unspecified atom stereocenters. The van der Waals surface area contributed by atoms with Gasteiger partial charge in [0.15, 0.2) is 0 Å². The Labute approximate surface area is 124 Å². The van der Waals surface area contributed by atoms with Crippen LogP contribution in [0.5, 0.6) is 0 Å². The lowest BCUT2D eigenvalue weighted by Gasteiger charge is -2.07. The van der Waals surface area contributed by atoms with Crippen LogP contribution in [0, 0.1) is 5.82 Å². The van der Waals surface area contributed by atoms with Gasteiger partial charge in [0.05, 0.1) is 10.9 Å². The number of fused-ring (bicyclic) bond motifs is 1. The molecule has 3 aromatic rings. The normalized spacial score (nSPS) is 11.0. The van der Waals surface area contributed by atoms with Crippen molar-refractivity contribution >= 4 is 16.6 Å². The molecule has 0 saturated carbocycles. The van der Waals surface area contributed by atoms with E-state index in [1.807, 2.05) is 0 Å². The maximum atomic E-state index is 12.9. The minimum Gasteiger partial charge on any atom is -0.399 e. The van der Waals surface area contributed by atoms with Gasteiger partial charge in [0, 0.05) is 12.2 Å². The smallest absolute Gasteiger partial charge is 0.328 e. The minimum atomic E-state index is -0.481. The van der Waals surface area contributed by atoms with Gasteiger partial charge in [-0.05, 0) is 42.3 Å². The number of nitrogens with two attached hydrogens (primary N) is 1. The number of nitrogens with one attached hydrogen (secondary N) is 1. The average molecular weight is 299 g/mol. The Morgan fingerprint density at radius 3 is 2.55 bits per heavy atom. The monoisotopic (exact) mass is 299 g/mol. The number of hydrogen-bond acceptors (Lipinski definition) is 3. The number of hydrogen-bond donors (Lipinski definition) is 2. The summed E-state index contributed by atoms with van der Waals surface area (Å²) >= 11 is 0. The highest BCUT2D eigenvalue weighted by Crippen LogP contribution is 2.10. The van der Waals surface area contributed by atoms with Crippen molar-refractivity contribution in [3.8, 4) is 0 Å². The van der Waals surface area contributed by atoms with E-state index >= 15 is 0 Å². The Kier molecular flexibility index (Phi) is 3.50. The number of aromatic nitrogens is 2. The lowest BCUT2D eigenvalue weighted by Crippen LogP contribution is -2.35. The first kappa shape index (κ1) is 14.1. The average Bonchev–Trinajstić information content (AvgIpc) is 2.48. The third kappa shape index (κ3) is 2.63. The van der Waals surface area contributed by atoms with Gasteiger partial charge in [-0.25, -0.2) is 9.18 Å². The Hall–Kier alpha value is -2.89. The molecule has 2 aromatic carbocycles. The molecule has 22 heavy (non-hydrogen) atoms. The minimum absolute atomic E-state index is 0.222. The van der Waals surface area contributed by atoms with E-state index in [4.69, 9.17) is 5.73 Å². The summed E-state index contributed by atoms with van der Waals surface area (Å²) in [4.78, 5) is 27.1. The second-order valence-corrected chi connectivity index (χ2v) is 5.07. The van der Waals surface area contributed by atoms with Gasteiger partial charge in [-0.1, -0.05) is 12.1 Å². The summed E-state index contributed by atoms with van der Waals surface area (Å²) in [5.74, 6) is -0.318. The van der Waals surface area contributed by atoms with Gasteiger partial charge in [0.25, 0.3) is 5.56 Å². The molecule has 112 valence electrons. The Morgan fingerprint density at radius 2 is 1.82 bits per heavy atom. The number of nitrogens with zero attached hydrogens (tertiary/aromatic N) is 1. The first-order valence-corrected chi connectivity index (χ1v) is 6.81. The number of halogens is 1. The zero-order chi connectivity index (χ0) is 15.7. The fourth-order valence-corrected chi connectivity index (χ4v) is 2.37. The third-order valence-corrected chi connectivity index (χ3v) is 3.54. The van der Waals surface area contributed by atoms with Crippen molar-refractivity contribution in [2.45, 2.75) is 13.0 Å². The standard InChI is InChI=1S/C16H14FN3O2/c17-11-3-1-10(2-4-11)7-8-20-15(21)13-6-5-12(18)9-14(13)19-16(20)22/h1-6,9H,7-8,18H2,(H,19,22). The highest BCUT2D eigenvalue weighted by Gasteiger charge is 2.08. The molecular weight excluding hydrogens is 285 g/mol. The quantitative estimate of drug-likeness (QED) is 0.722. The third-order valence-electron chi connectivity index (χ3n) is 3.54. The summed E-state index contributed by atoms with van der Waals surface area (Å²) in [5.41, 5.74) is 6.56. The lowest BCUT2D eigenvalue weighted by atomic mass is 10.1. The molecule has 0 amide bonds. The number of aromatic amines is 1. The molecule has 0 aliphatic carbocycles. The van der Waals surface area contributed by atoms with E-state index < -0.39 is 5.69 Å². The number of anilines is 1. The Bertz CT molecular complexity index is 942. The van der Waals surface area contributed by atoms with E-state index in [9.17, 15) is 14.0 Å². The molecule has 0 aliphatic heterocycles. The number of benzene rings is 2. The second kappa shape index (κ2) is 5.48. The number of rotatable bonds is 3. The van der Waals surface area contributed by atoms with Gasteiger partial charge in [0.1, 0.15) is 5.82 Å². The second-order valence-electron chi connectivity index (χ2n) is 5.07. The van der Waals surface area contributed by atoms with Gasteiger partial charge in [-0.15, -0.1) is 0 Å². The van der Waals surface area contributed by atoms with Crippen LogP contribution in [0.15, 0.2) is 52.1 Å². The first-order chi connectivity index (χ1) is 10.5. The molecule has 0 radical (unpaired) electrons. The maximum Gasteiger partial charge on any atom is 0.328 e. The summed E-state index contributed by atoms with van der Waals surface area (Å²) in [6.45, 7) is 0.222. The first-order valence-electron chi connectivity index (χ1n) is 6.81. The van der Waals surface area contributed by atoms with Crippen LogP contribution in [0.2, 0.25) is 0 Å². The van der Waals surface area contributed by atoms with Crippen LogP contribution >= 0.6 is 0 Å². The molecule has 0 saturated heterocycles. The molecule has 6 heteroatoms. The molecule has 0 fully saturated rings. The van der Waals surface area contributed by atoms with Gasteiger partial charge in [0.2, 0.25) is 0 Å². The SMILES string of the molecule is Nc1ccc2c(=O)n(CCc3ccc(F)cc3)c(=O)[nH]c2c1. The van der Waals surface area contributed by atoms with Crippen molar-refractivity contribution in [3.63, 3.8) is 0 Å². The van der Waals surface area contributed by atoms with E-state index in [0.717, 1.165) is 10.1 Å². The van der Waals surface area contributed by atoms with Crippen LogP contribution in [-0.4, -0.2) is 9.55 Å². The maximum absolute atomic E-state index is 12.9. The largest absolute Gasteiger partial charge is 0.399 e. The number of H-pyrrole nitrogens is 1. The summed E-state index contributed by atoms with van der Waals surface area (Å²) < 4.78 is 14.0. The van der Waals surface area contributed by atoms with Gasteiger partial charge < -0.3 is 10.7 Å². The van der Waals surface area contributed by atoms with Crippen LogP contribution in [0.25, 0.3) is 10.9 Å². The molecule has 3 N–H and O–H groups in total. The van der Waals surface area contributed by atoms with Crippen molar-refractivity contribution in [2.75, 3.05) is 5.73 Å². The molecule has 0 spiro atoms. The fourth-order valence-electron chi connectivity index (χ4n) is 2.37. The van der Waals surface area contributed by atoms with Crippen molar-refractivity contribution in [2.24, 2.45) is 0 Å². The van der Waals surface area contributed by atoms with Crippen LogP contribution < -0.4 is 17.0 Å². The van der Waals surface area contributed by atoms with E-state index in [-0.39, 0.29) is 17.9 Å². The number of aryl methyl sites for hydroxylation is 1. The van der Waals surface area contributed by atoms with Crippen LogP contribution in [0.4, 0.5) is 10.1 Å². The van der Waals surface area contributed by atoms with Crippen LogP contribution in [-0.2, 0) is 13.0 Å². The molecule has 0 aliphatic rings. The Balaban J connectivity index is 1.97. The van der Waals surface area contributed by atoms with E-state index in [2.05, 4.69) is 4.98 Å². The summed E-state index contributed by atoms with van der Waals surface area (Å²) in [7, 11) is 0. The van der Waals surface area contributed by atoms with E-state index in [0.29, 0.717) is 23.0 Å². The van der Waals surface area contributed by atoms with Crippen molar-refractivity contribution < 1.29 is 4.39 Å². The molecule has 0 bridgehead atoms. The van der Waals surface area contributed by atoms with Crippen LogP contribution in [0.1, 0.15) is 5.56 Å². The van der Waals surface area contributed by atoms with Gasteiger partial charge in [-0.2, -0.15) is 0 Å². The zero-order valence-electron chi connectivity index (χ0n) is 11.7. The highest BCUT2D eigenvalue weighted by atomic mass is 19.1. The van der Waals surface area contributed by atoms with Gasteiger partial charge in [-0.3, -0.25) is 9.36 Å². The summed E-state index contributed by atoms with van der Waals surface area (Å²) in [6, 6.07) is 10.7. The summed E-state index contributed by atoms with van der Waals surface area (Å²) in [6.07, 6.45) is 0.462. The topological polar surface area (TPSA) is 80.9 Å². The molecule has 1 aromatic heterocycles. The van der Waals surface area contributed by atoms with Crippen molar-refractivity contribution in [3.05, 3.63) is 74.7 Å². The fraction of sp³-hybridized carbons (Fsp3) is 0.125. The summed E-state index contributed by atoms with van der Waals surface area (Å²) in [5, 5.41) is 0.410. The number of nitrogen functional groups attached to an aromatic ring is 1. The van der Waals surface area contributed by atoms with Crippen LogP contribution in [0.3, 0.4) is 0 Å². The lowest BCUT2D eigenvalue weighted by molar-refractivity contribution is 0.620. The molecular formula is C16H14FN3O2. The predicted molar refractivity (Wildman–Crippen MR) is 83.3 cm³/mol. The predicted octanol–water partition coefficient (Wildman–Crippen LogP) is 1.65. The van der Waals surface area contributed by atoms with Crippen molar-refractivity contribution in [1.82, 2.24) is 9.55 Å². The molecule has 0 atom stereocenters. The highest BCUT2D eigenvalue weighted by molar-refractivity contribution is 5.80. The zero-order valence-corrected chi connectivity index (χ0v) is 11.7. The molecule has 1 heterocycles. The van der Waals surface area contributed by atoms with E-state index in [1.54, 1.807) is 30.3 Å².